The Balaban J connectivity index is 4.28. The van der Waals surface area contributed by atoms with Crippen molar-refractivity contribution in [2.75, 3.05) is 6.61 Å². The summed E-state index contributed by atoms with van der Waals surface area (Å²) in [7, 11) is 0. The molecule has 0 saturated carbocycles. The number of carbonyl (C=O) groups excluding carboxylic acids is 2. The van der Waals surface area contributed by atoms with E-state index in [0.717, 1.165) is 0 Å². The predicted molar refractivity (Wildman–Crippen MR) is 59.9 cm³/mol. The van der Waals surface area contributed by atoms with Gasteiger partial charge in [-0.3, -0.25) is 4.79 Å². The van der Waals surface area contributed by atoms with E-state index in [9.17, 15) is 22.8 Å². The third-order valence-electron chi connectivity index (χ3n) is 1.57. The molecule has 104 valence electrons. The lowest BCUT2D eigenvalue weighted by molar-refractivity contribution is -0.163. The van der Waals surface area contributed by atoms with Gasteiger partial charge in [-0.15, -0.1) is 12.6 Å². The third kappa shape index (κ3) is 7.99. The molecule has 0 amide bonds. The summed E-state index contributed by atoms with van der Waals surface area (Å²) in [4.78, 5) is 22.0. The summed E-state index contributed by atoms with van der Waals surface area (Å²) in [5.74, 6) is -3.67. The Kier molecular flexibility index (Phi) is 5.72. The molecule has 4 nitrogen and oxygen atoms in total. The molecule has 0 aliphatic rings. The molecule has 18 heavy (non-hydrogen) atoms. The van der Waals surface area contributed by atoms with Crippen LogP contribution in [0.4, 0.5) is 13.2 Å². The van der Waals surface area contributed by atoms with Gasteiger partial charge in [-0.25, -0.2) is 4.79 Å². The lowest BCUT2D eigenvalue weighted by atomic mass is 10.1. The highest BCUT2D eigenvalue weighted by atomic mass is 32.1. The van der Waals surface area contributed by atoms with E-state index in [1.54, 1.807) is 0 Å². The van der Waals surface area contributed by atoms with Crippen molar-refractivity contribution in [3.8, 4) is 0 Å². The van der Waals surface area contributed by atoms with Crippen LogP contribution in [-0.2, 0) is 19.1 Å². The second-order valence-corrected chi connectivity index (χ2v) is 4.71. The number of carbonyl (C=O) groups is 2. The first kappa shape index (κ1) is 16.8. The van der Waals surface area contributed by atoms with Crippen molar-refractivity contribution in [2.45, 2.75) is 31.1 Å². The van der Waals surface area contributed by atoms with Gasteiger partial charge in [0.25, 0.3) is 0 Å². The van der Waals surface area contributed by atoms with Crippen LogP contribution in [0, 0.1) is 0 Å². The van der Waals surface area contributed by atoms with Crippen LogP contribution in [-0.4, -0.2) is 29.4 Å². The van der Waals surface area contributed by atoms with Gasteiger partial charge in [0, 0.05) is 0 Å². The molecule has 0 saturated heterocycles. The number of esters is 2. The van der Waals surface area contributed by atoms with E-state index in [2.05, 4.69) is 28.7 Å². The summed E-state index contributed by atoms with van der Waals surface area (Å²) in [6, 6.07) is 0. The predicted octanol–water partition coefficient (Wildman–Crippen LogP) is 2.25. The molecule has 0 bridgehead atoms. The van der Waals surface area contributed by atoms with Gasteiger partial charge in [0.15, 0.2) is 6.61 Å². The topological polar surface area (TPSA) is 52.6 Å². The molecule has 8 heteroatoms. The van der Waals surface area contributed by atoms with Crippen molar-refractivity contribution < 1.29 is 32.2 Å². The van der Waals surface area contributed by atoms with Gasteiger partial charge in [0.1, 0.15) is 5.60 Å². The maximum atomic E-state index is 12.4. The Hall–Kier alpha value is -1.18. The standard InChI is InChI=1S/C10H13F3O4S/c1-6(11)8(15)17-9(2,3)4-7(14)16-5-10(12,13)18/h18H,1,4-5H2,2-3H3. The van der Waals surface area contributed by atoms with Crippen molar-refractivity contribution >= 4 is 24.6 Å². The monoisotopic (exact) mass is 286 g/mol. The highest BCUT2D eigenvalue weighted by molar-refractivity contribution is 7.81. The maximum absolute atomic E-state index is 12.4. The third-order valence-corrected chi connectivity index (χ3v) is 1.70. The van der Waals surface area contributed by atoms with Crippen LogP contribution >= 0.6 is 12.6 Å². The van der Waals surface area contributed by atoms with E-state index in [-0.39, 0.29) is 0 Å². The van der Waals surface area contributed by atoms with Crippen molar-refractivity contribution in [2.24, 2.45) is 0 Å². The molecule has 0 atom stereocenters. The average molecular weight is 286 g/mol. The minimum atomic E-state index is -3.44. The molecule has 0 aliphatic heterocycles. The molecule has 0 rings (SSSR count). The highest BCUT2D eigenvalue weighted by Crippen LogP contribution is 2.21. The lowest BCUT2D eigenvalue weighted by Crippen LogP contribution is -2.32. The fourth-order valence-corrected chi connectivity index (χ4v) is 0.973. The molecule has 0 aromatic rings. The van der Waals surface area contributed by atoms with Gasteiger partial charge < -0.3 is 9.47 Å². The van der Waals surface area contributed by atoms with Crippen LogP contribution in [0.5, 0.6) is 0 Å². The Morgan fingerprint density at radius 1 is 1.33 bits per heavy atom. The van der Waals surface area contributed by atoms with E-state index in [1.807, 2.05) is 0 Å². The number of thiol groups is 1. The zero-order valence-electron chi connectivity index (χ0n) is 9.84. The Bertz CT molecular complexity index is 350. The van der Waals surface area contributed by atoms with Gasteiger partial charge in [-0.1, -0.05) is 6.58 Å². The number of halogens is 3. The molecule has 0 spiro atoms. The minimum Gasteiger partial charge on any atom is -0.458 e. The number of hydrogen-bond acceptors (Lipinski definition) is 5. The van der Waals surface area contributed by atoms with Crippen molar-refractivity contribution in [3.05, 3.63) is 12.4 Å². The van der Waals surface area contributed by atoms with E-state index < -0.39 is 41.6 Å². The zero-order chi connectivity index (χ0) is 14.6. The van der Waals surface area contributed by atoms with Gasteiger partial charge in [-0.05, 0) is 13.8 Å². The van der Waals surface area contributed by atoms with Crippen LogP contribution < -0.4 is 0 Å². The van der Waals surface area contributed by atoms with E-state index >= 15 is 0 Å². The second-order valence-electron chi connectivity index (χ2n) is 4.06. The number of rotatable bonds is 6. The van der Waals surface area contributed by atoms with Crippen molar-refractivity contribution in [3.63, 3.8) is 0 Å². The SMILES string of the molecule is C=C(F)C(=O)OC(C)(C)CC(=O)OCC(F)(F)S. The molecule has 0 aromatic carbocycles. The van der Waals surface area contributed by atoms with Gasteiger partial charge >= 0.3 is 17.2 Å². The van der Waals surface area contributed by atoms with Crippen LogP contribution in [0.3, 0.4) is 0 Å². The van der Waals surface area contributed by atoms with Gasteiger partial charge in [-0.2, -0.15) is 13.2 Å². The normalized spacial score (nSPS) is 11.9. The van der Waals surface area contributed by atoms with Gasteiger partial charge in [0.05, 0.1) is 6.42 Å². The smallest absolute Gasteiger partial charge is 0.367 e. The van der Waals surface area contributed by atoms with Crippen LogP contribution in [0.15, 0.2) is 12.4 Å². The quantitative estimate of drug-likeness (QED) is 0.462. The summed E-state index contributed by atoms with van der Waals surface area (Å²) >= 11 is 2.87. The number of ether oxygens (including phenoxy) is 2. The fraction of sp³-hybridized carbons (Fsp3) is 0.600. The maximum Gasteiger partial charge on any atom is 0.367 e. The molecular formula is C10H13F3O4S. The minimum absolute atomic E-state index is 0.504. The second kappa shape index (κ2) is 6.12. The van der Waals surface area contributed by atoms with E-state index in [0.29, 0.717) is 0 Å². The molecular weight excluding hydrogens is 273 g/mol. The van der Waals surface area contributed by atoms with Crippen molar-refractivity contribution in [1.82, 2.24) is 0 Å². The summed E-state index contributed by atoms with van der Waals surface area (Å²) in [5.41, 5.74) is -1.39. The molecule has 0 N–H and O–H groups in total. The summed E-state index contributed by atoms with van der Waals surface area (Å²) in [6.45, 7) is 4.12. The zero-order valence-corrected chi connectivity index (χ0v) is 10.7. The van der Waals surface area contributed by atoms with E-state index in [4.69, 9.17) is 0 Å². The average Bonchev–Trinajstić information content (AvgIpc) is 2.11. The Morgan fingerprint density at radius 3 is 2.22 bits per heavy atom. The number of hydrogen-bond donors (Lipinski definition) is 1. The van der Waals surface area contributed by atoms with Crippen molar-refractivity contribution in [1.29, 1.82) is 0 Å². The Labute approximate surface area is 108 Å². The van der Waals surface area contributed by atoms with Crippen LogP contribution in [0.1, 0.15) is 20.3 Å². The summed E-state index contributed by atoms with van der Waals surface area (Å²) in [6.07, 6.45) is -0.504. The number of alkyl halides is 2. The largest absolute Gasteiger partial charge is 0.458 e. The lowest BCUT2D eigenvalue weighted by Gasteiger charge is -2.23. The first-order valence-corrected chi connectivity index (χ1v) is 5.21. The van der Waals surface area contributed by atoms with Crippen LogP contribution in [0.2, 0.25) is 0 Å². The first-order chi connectivity index (χ1) is 7.93. The molecule has 0 aromatic heterocycles. The molecule has 0 unspecified atom stereocenters. The molecule has 0 fully saturated rings. The summed E-state index contributed by atoms with van der Waals surface area (Å²) in [5, 5.41) is -3.44. The molecule has 0 radical (unpaired) electrons. The van der Waals surface area contributed by atoms with E-state index in [1.165, 1.54) is 13.8 Å². The first-order valence-electron chi connectivity index (χ1n) is 4.76. The fourth-order valence-electron chi connectivity index (χ4n) is 0.908. The Morgan fingerprint density at radius 2 is 1.83 bits per heavy atom. The van der Waals surface area contributed by atoms with Crippen LogP contribution in [0.25, 0.3) is 0 Å². The molecule has 0 aliphatic carbocycles. The molecule has 0 heterocycles. The summed E-state index contributed by atoms with van der Waals surface area (Å²) < 4.78 is 45.7. The van der Waals surface area contributed by atoms with Gasteiger partial charge in [0.2, 0.25) is 5.83 Å². The highest BCUT2D eigenvalue weighted by Gasteiger charge is 2.31.